The highest BCUT2D eigenvalue weighted by atomic mass is 16.2. The van der Waals surface area contributed by atoms with Crippen LogP contribution in [0.15, 0.2) is 24.3 Å². The van der Waals surface area contributed by atoms with Crippen molar-refractivity contribution < 1.29 is 9.59 Å². The molecule has 2 N–H and O–H groups in total. The Morgan fingerprint density at radius 2 is 1.74 bits per heavy atom. The zero-order chi connectivity index (χ0) is 14.4. The predicted octanol–water partition coefficient (Wildman–Crippen LogP) is 1.89. The lowest BCUT2D eigenvalue weighted by Gasteiger charge is -2.22. The lowest BCUT2D eigenvalue weighted by molar-refractivity contribution is -0.119. The molecule has 2 amide bonds. The third-order valence-corrected chi connectivity index (χ3v) is 2.99. The molecule has 19 heavy (non-hydrogen) atoms. The number of benzene rings is 1. The van der Waals surface area contributed by atoms with Gasteiger partial charge in [-0.15, -0.1) is 0 Å². The minimum atomic E-state index is -0.115. The van der Waals surface area contributed by atoms with E-state index in [0.717, 1.165) is 5.56 Å². The summed E-state index contributed by atoms with van der Waals surface area (Å²) in [6, 6.07) is 7.36. The number of carbonyl (C=O) groups excluding carboxylic acids is 2. The van der Waals surface area contributed by atoms with Crippen LogP contribution in [-0.2, 0) is 4.79 Å². The van der Waals surface area contributed by atoms with E-state index >= 15 is 0 Å². The maximum Gasteiger partial charge on any atom is 0.251 e. The second kappa shape index (κ2) is 6.92. The summed E-state index contributed by atoms with van der Waals surface area (Å²) in [5, 5.41) is 5.69. The van der Waals surface area contributed by atoms with Crippen LogP contribution in [0, 0.1) is 12.8 Å². The number of amides is 2. The average molecular weight is 262 g/mol. The summed E-state index contributed by atoms with van der Waals surface area (Å²) >= 11 is 0. The van der Waals surface area contributed by atoms with Gasteiger partial charge < -0.3 is 10.6 Å². The van der Waals surface area contributed by atoms with Crippen molar-refractivity contribution in [3.63, 3.8) is 0 Å². The summed E-state index contributed by atoms with van der Waals surface area (Å²) in [5.41, 5.74) is 1.76. The first-order chi connectivity index (χ1) is 8.90. The van der Waals surface area contributed by atoms with Crippen molar-refractivity contribution in [2.45, 2.75) is 33.7 Å². The molecule has 1 aromatic rings. The molecule has 0 heterocycles. The maximum atomic E-state index is 11.9. The number of hydrogen-bond donors (Lipinski definition) is 2. The van der Waals surface area contributed by atoms with Crippen molar-refractivity contribution in [3.05, 3.63) is 35.4 Å². The lowest BCUT2D eigenvalue weighted by atomic mass is 10.0. The van der Waals surface area contributed by atoms with Crippen LogP contribution in [0.25, 0.3) is 0 Å². The second-order valence-electron chi connectivity index (χ2n) is 5.13. The van der Waals surface area contributed by atoms with E-state index in [4.69, 9.17) is 0 Å². The van der Waals surface area contributed by atoms with Crippen LogP contribution in [0.3, 0.4) is 0 Å². The lowest BCUT2D eigenvalue weighted by Crippen LogP contribution is -2.45. The first-order valence-electron chi connectivity index (χ1n) is 6.52. The highest BCUT2D eigenvalue weighted by molar-refractivity contribution is 5.94. The standard InChI is InChI=1S/C15H22N2O2/c1-10(2)14(17-12(4)18)9-16-15(19)13-7-5-11(3)6-8-13/h5-8,10,14H,9H2,1-4H3,(H,16,19)(H,17,18)/t14-/m1/s1. The Morgan fingerprint density at radius 1 is 1.16 bits per heavy atom. The van der Waals surface area contributed by atoms with E-state index in [9.17, 15) is 9.59 Å². The second-order valence-corrected chi connectivity index (χ2v) is 5.13. The Morgan fingerprint density at radius 3 is 2.21 bits per heavy atom. The fraction of sp³-hybridized carbons (Fsp3) is 0.467. The Bertz CT molecular complexity index is 438. The molecule has 0 spiro atoms. The Hall–Kier alpha value is -1.84. The third-order valence-electron chi connectivity index (χ3n) is 2.99. The van der Waals surface area contributed by atoms with Crippen molar-refractivity contribution in [3.8, 4) is 0 Å². The number of rotatable bonds is 5. The molecule has 1 atom stereocenters. The molecule has 0 aromatic heterocycles. The van der Waals surface area contributed by atoms with Crippen LogP contribution in [-0.4, -0.2) is 24.4 Å². The highest BCUT2D eigenvalue weighted by Crippen LogP contribution is 2.04. The molecule has 0 saturated carbocycles. The summed E-state index contributed by atoms with van der Waals surface area (Å²) < 4.78 is 0. The highest BCUT2D eigenvalue weighted by Gasteiger charge is 2.15. The van der Waals surface area contributed by atoms with Gasteiger partial charge in [0, 0.05) is 25.1 Å². The largest absolute Gasteiger partial charge is 0.352 e. The van der Waals surface area contributed by atoms with Crippen LogP contribution >= 0.6 is 0 Å². The fourth-order valence-electron chi connectivity index (χ4n) is 1.72. The van der Waals surface area contributed by atoms with Gasteiger partial charge in [-0.05, 0) is 25.0 Å². The van der Waals surface area contributed by atoms with E-state index in [2.05, 4.69) is 10.6 Å². The van der Waals surface area contributed by atoms with E-state index < -0.39 is 0 Å². The van der Waals surface area contributed by atoms with Gasteiger partial charge in [0.2, 0.25) is 5.91 Å². The number of hydrogen-bond acceptors (Lipinski definition) is 2. The van der Waals surface area contributed by atoms with Crippen LogP contribution in [0.4, 0.5) is 0 Å². The monoisotopic (exact) mass is 262 g/mol. The molecule has 0 saturated heterocycles. The van der Waals surface area contributed by atoms with Gasteiger partial charge in [-0.2, -0.15) is 0 Å². The van der Waals surface area contributed by atoms with Gasteiger partial charge in [0.25, 0.3) is 5.91 Å². The van der Waals surface area contributed by atoms with Crippen molar-refractivity contribution in [2.75, 3.05) is 6.54 Å². The van der Waals surface area contributed by atoms with Crippen molar-refractivity contribution in [1.82, 2.24) is 10.6 Å². The van der Waals surface area contributed by atoms with Gasteiger partial charge in [0.05, 0.1) is 0 Å². The van der Waals surface area contributed by atoms with E-state index in [1.54, 1.807) is 12.1 Å². The van der Waals surface area contributed by atoms with Gasteiger partial charge >= 0.3 is 0 Å². The van der Waals surface area contributed by atoms with Crippen LogP contribution in [0.5, 0.6) is 0 Å². The number of aryl methyl sites for hydroxylation is 1. The Balaban J connectivity index is 2.56. The summed E-state index contributed by atoms with van der Waals surface area (Å²) in [4.78, 5) is 23.0. The van der Waals surface area contributed by atoms with E-state index in [0.29, 0.717) is 12.1 Å². The molecule has 1 rings (SSSR count). The predicted molar refractivity (Wildman–Crippen MR) is 76.0 cm³/mol. The van der Waals surface area contributed by atoms with Crippen LogP contribution in [0.2, 0.25) is 0 Å². The minimum absolute atomic E-state index is 0.0492. The van der Waals surface area contributed by atoms with E-state index in [1.807, 2.05) is 32.9 Å². The fourth-order valence-corrected chi connectivity index (χ4v) is 1.72. The minimum Gasteiger partial charge on any atom is -0.352 e. The normalized spacial score (nSPS) is 12.1. The summed E-state index contributed by atoms with van der Waals surface area (Å²) in [6.45, 7) is 7.92. The molecule has 0 aliphatic rings. The smallest absolute Gasteiger partial charge is 0.251 e. The summed E-state index contributed by atoms with van der Waals surface area (Å²) in [6.07, 6.45) is 0. The SMILES string of the molecule is CC(=O)N[C@H](CNC(=O)c1ccc(C)cc1)C(C)C. The Kier molecular flexibility index (Phi) is 5.55. The molecule has 104 valence electrons. The topological polar surface area (TPSA) is 58.2 Å². The zero-order valence-corrected chi connectivity index (χ0v) is 12.0. The van der Waals surface area contributed by atoms with Gasteiger partial charge in [-0.1, -0.05) is 31.5 Å². The molecule has 4 heteroatoms. The number of carbonyl (C=O) groups is 2. The van der Waals surface area contributed by atoms with Gasteiger partial charge in [-0.25, -0.2) is 0 Å². The first-order valence-corrected chi connectivity index (χ1v) is 6.52. The van der Waals surface area contributed by atoms with E-state index in [1.165, 1.54) is 6.92 Å². The van der Waals surface area contributed by atoms with Gasteiger partial charge in [0.15, 0.2) is 0 Å². The van der Waals surface area contributed by atoms with Gasteiger partial charge in [-0.3, -0.25) is 9.59 Å². The Labute approximate surface area is 114 Å². The summed E-state index contributed by atoms with van der Waals surface area (Å²) in [7, 11) is 0. The molecular formula is C15H22N2O2. The third kappa shape index (κ3) is 5.12. The van der Waals surface area contributed by atoms with Crippen molar-refractivity contribution in [1.29, 1.82) is 0 Å². The molecule has 0 bridgehead atoms. The first kappa shape index (κ1) is 15.2. The molecular weight excluding hydrogens is 240 g/mol. The zero-order valence-electron chi connectivity index (χ0n) is 12.0. The molecule has 4 nitrogen and oxygen atoms in total. The van der Waals surface area contributed by atoms with Crippen molar-refractivity contribution >= 4 is 11.8 Å². The molecule has 0 fully saturated rings. The van der Waals surface area contributed by atoms with Gasteiger partial charge in [0.1, 0.15) is 0 Å². The summed E-state index contributed by atoms with van der Waals surface area (Å²) in [5.74, 6) is 0.0708. The maximum absolute atomic E-state index is 11.9. The van der Waals surface area contributed by atoms with Crippen LogP contribution < -0.4 is 10.6 Å². The quantitative estimate of drug-likeness (QED) is 0.851. The molecule has 0 radical (unpaired) electrons. The molecule has 0 unspecified atom stereocenters. The van der Waals surface area contributed by atoms with Crippen molar-refractivity contribution in [2.24, 2.45) is 5.92 Å². The van der Waals surface area contributed by atoms with Crippen LogP contribution in [0.1, 0.15) is 36.7 Å². The average Bonchev–Trinajstić information content (AvgIpc) is 2.34. The van der Waals surface area contributed by atoms with E-state index in [-0.39, 0.29) is 23.8 Å². The molecule has 0 aliphatic carbocycles. The number of nitrogens with one attached hydrogen (secondary N) is 2. The molecule has 1 aromatic carbocycles. The molecule has 0 aliphatic heterocycles.